The molecular formula is C22H16ClN5O. The summed E-state index contributed by atoms with van der Waals surface area (Å²) in [4.78, 5) is 22.4. The molecule has 5 aromatic rings. The zero-order chi connectivity index (χ0) is 20.0. The van der Waals surface area contributed by atoms with Crippen LogP contribution >= 0.6 is 11.6 Å². The van der Waals surface area contributed by atoms with Gasteiger partial charge in [-0.05, 0) is 30.7 Å². The molecule has 0 aliphatic heterocycles. The van der Waals surface area contributed by atoms with Gasteiger partial charge in [0.1, 0.15) is 5.82 Å². The predicted molar refractivity (Wildman–Crippen MR) is 113 cm³/mol. The molecule has 2 aromatic carbocycles. The van der Waals surface area contributed by atoms with Gasteiger partial charge in [-0.1, -0.05) is 54.1 Å². The van der Waals surface area contributed by atoms with Crippen LogP contribution in [0.15, 0.2) is 71.7 Å². The van der Waals surface area contributed by atoms with Gasteiger partial charge in [-0.3, -0.25) is 4.79 Å². The highest BCUT2D eigenvalue weighted by Gasteiger charge is 2.18. The Morgan fingerprint density at radius 1 is 1.00 bits per heavy atom. The van der Waals surface area contributed by atoms with Gasteiger partial charge in [-0.25, -0.2) is 4.98 Å². The quantitative estimate of drug-likeness (QED) is 0.456. The average Bonchev–Trinajstić information content (AvgIpc) is 3.09. The van der Waals surface area contributed by atoms with E-state index in [1.54, 1.807) is 28.3 Å². The molecule has 3 aromatic heterocycles. The number of fused-ring (bicyclic) bond motifs is 2. The standard InChI is InChI=1S/C22H16ClN5O/c1-14-24-22-25-18-10-11-27(13-15-6-3-2-4-7-15)21(29)19(18)20(28(22)26-14)16-8-5-9-17(23)12-16/h2-12H,13H2,1H3. The first-order valence-electron chi connectivity index (χ1n) is 9.16. The third-order valence-corrected chi connectivity index (χ3v) is 5.04. The fraction of sp³-hybridized carbons (Fsp3) is 0.0909. The number of hydrogen-bond donors (Lipinski definition) is 0. The Morgan fingerprint density at radius 3 is 2.62 bits per heavy atom. The number of aromatic nitrogens is 5. The molecule has 0 amide bonds. The highest BCUT2D eigenvalue weighted by molar-refractivity contribution is 6.30. The van der Waals surface area contributed by atoms with Gasteiger partial charge in [0, 0.05) is 16.8 Å². The van der Waals surface area contributed by atoms with E-state index in [9.17, 15) is 4.79 Å². The van der Waals surface area contributed by atoms with Crippen LogP contribution in [0.25, 0.3) is 27.9 Å². The summed E-state index contributed by atoms with van der Waals surface area (Å²) in [5.74, 6) is 1.03. The molecular weight excluding hydrogens is 386 g/mol. The maximum absolute atomic E-state index is 13.5. The van der Waals surface area contributed by atoms with E-state index in [1.165, 1.54) is 0 Å². The summed E-state index contributed by atoms with van der Waals surface area (Å²) in [6.45, 7) is 2.27. The monoisotopic (exact) mass is 401 g/mol. The van der Waals surface area contributed by atoms with Gasteiger partial charge >= 0.3 is 0 Å². The van der Waals surface area contributed by atoms with Gasteiger partial charge in [0.05, 0.1) is 23.1 Å². The largest absolute Gasteiger partial charge is 0.310 e. The molecule has 5 rings (SSSR count). The van der Waals surface area contributed by atoms with E-state index >= 15 is 0 Å². The predicted octanol–water partition coefficient (Wildman–Crippen LogP) is 4.12. The van der Waals surface area contributed by atoms with Gasteiger partial charge in [0.2, 0.25) is 0 Å². The second-order valence-electron chi connectivity index (χ2n) is 6.84. The van der Waals surface area contributed by atoms with Gasteiger partial charge in [-0.15, -0.1) is 5.10 Å². The fourth-order valence-electron chi connectivity index (χ4n) is 3.53. The summed E-state index contributed by atoms with van der Waals surface area (Å²) >= 11 is 6.24. The molecule has 3 heterocycles. The van der Waals surface area contributed by atoms with Crippen LogP contribution < -0.4 is 5.56 Å². The molecule has 7 heteroatoms. The van der Waals surface area contributed by atoms with Crippen LogP contribution in [0.3, 0.4) is 0 Å². The Labute approximate surface area is 171 Å². The van der Waals surface area contributed by atoms with Crippen molar-refractivity contribution in [1.82, 2.24) is 24.1 Å². The minimum absolute atomic E-state index is 0.135. The molecule has 0 atom stereocenters. The smallest absolute Gasteiger partial charge is 0.262 e. The van der Waals surface area contributed by atoms with Crippen molar-refractivity contribution in [1.29, 1.82) is 0 Å². The lowest BCUT2D eigenvalue weighted by Gasteiger charge is -2.12. The maximum atomic E-state index is 13.5. The highest BCUT2D eigenvalue weighted by atomic mass is 35.5. The van der Waals surface area contributed by atoms with Crippen LogP contribution in [0.5, 0.6) is 0 Å². The lowest BCUT2D eigenvalue weighted by Crippen LogP contribution is -2.22. The Kier molecular flexibility index (Phi) is 4.14. The van der Waals surface area contributed by atoms with Crippen LogP contribution in [0.2, 0.25) is 5.02 Å². The Hall–Kier alpha value is -3.51. The molecule has 0 radical (unpaired) electrons. The first-order valence-corrected chi connectivity index (χ1v) is 9.54. The van der Waals surface area contributed by atoms with Gasteiger partial charge in [0.15, 0.2) is 0 Å². The number of benzene rings is 2. The van der Waals surface area contributed by atoms with Crippen molar-refractivity contribution in [3.63, 3.8) is 0 Å². The van der Waals surface area contributed by atoms with Gasteiger partial charge in [-0.2, -0.15) is 9.50 Å². The number of hydrogen-bond acceptors (Lipinski definition) is 4. The molecule has 6 nitrogen and oxygen atoms in total. The summed E-state index contributed by atoms with van der Waals surface area (Å²) in [5, 5.41) is 5.55. The normalized spacial score (nSPS) is 11.4. The van der Waals surface area contributed by atoms with Crippen LogP contribution in [-0.4, -0.2) is 24.1 Å². The van der Waals surface area contributed by atoms with E-state index in [1.807, 2.05) is 54.6 Å². The minimum atomic E-state index is -0.135. The molecule has 0 N–H and O–H groups in total. The second kappa shape index (κ2) is 6.83. The topological polar surface area (TPSA) is 65.1 Å². The Bertz CT molecular complexity index is 1420. The van der Waals surface area contributed by atoms with Crippen molar-refractivity contribution >= 4 is 28.3 Å². The third-order valence-electron chi connectivity index (χ3n) is 4.80. The first kappa shape index (κ1) is 17.6. The zero-order valence-corrected chi connectivity index (χ0v) is 16.3. The Morgan fingerprint density at radius 2 is 1.83 bits per heavy atom. The number of rotatable bonds is 3. The summed E-state index contributed by atoms with van der Waals surface area (Å²) in [6.07, 6.45) is 1.77. The zero-order valence-electron chi connectivity index (χ0n) is 15.6. The second-order valence-corrected chi connectivity index (χ2v) is 7.27. The average molecular weight is 402 g/mol. The first-order chi connectivity index (χ1) is 14.1. The minimum Gasteiger partial charge on any atom is -0.310 e. The van der Waals surface area contributed by atoms with Gasteiger partial charge < -0.3 is 4.57 Å². The van der Waals surface area contributed by atoms with Crippen molar-refractivity contribution < 1.29 is 0 Å². The molecule has 0 bridgehead atoms. The molecule has 0 unspecified atom stereocenters. The molecule has 142 valence electrons. The summed E-state index contributed by atoms with van der Waals surface area (Å²) in [6, 6.07) is 19.1. The molecule has 0 aliphatic carbocycles. The van der Waals surface area contributed by atoms with E-state index in [4.69, 9.17) is 11.6 Å². The molecule has 0 spiro atoms. The molecule has 0 saturated heterocycles. The summed E-state index contributed by atoms with van der Waals surface area (Å²) in [5.41, 5.74) is 2.91. The van der Waals surface area contributed by atoms with E-state index in [-0.39, 0.29) is 5.56 Å². The number of halogens is 1. The lowest BCUT2D eigenvalue weighted by atomic mass is 10.1. The third kappa shape index (κ3) is 3.07. The van der Waals surface area contributed by atoms with E-state index < -0.39 is 0 Å². The molecule has 0 aliphatic rings. The summed E-state index contributed by atoms with van der Waals surface area (Å²) < 4.78 is 3.31. The van der Waals surface area contributed by atoms with E-state index in [2.05, 4.69) is 15.1 Å². The van der Waals surface area contributed by atoms with Crippen molar-refractivity contribution in [3.05, 3.63) is 93.6 Å². The van der Waals surface area contributed by atoms with Crippen molar-refractivity contribution in [2.24, 2.45) is 0 Å². The van der Waals surface area contributed by atoms with E-state index in [0.29, 0.717) is 39.8 Å². The number of pyridine rings is 1. The van der Waals surface area contributed by atoms with Crippen LogP contribution in [-0.2, 0) is 6.54 Å². The van der Waals surface area contributed by atoms with Crippen LogP contribution in [0, 0.1) is 6.92 Å². The lowest BCUT2D eigenvalue weighted by molar-refractivity contribution is 0.766. The molecule has 0 saturated carbocycles. The fourth-order valence-corrected chi connectivity index (χ4v) is 3.72. The van der Waals surface area contributed by atoms with E-state index in [0.717, 1.165) is 11.1 Å². The number of aryl methyl sites for hydroxylation is 1. The van der Waals surface area contributed by atoms with Gasteiger partial charge in [0.25, 0.3) is 11.3 Å². The van der Waals surface area contributed by atoms with Crippen LogP contribution in [0.1, 0.15) is 11.4 Å². The van der Waals surface area contributed by atoms with Crippen molar-refractivity contribution in [2.75, 3.05) is 0 Å². The highest BCUT2D eigenvalue weighted by Crippen LogP contribution is 2.28. The molecule has 0 fully saturated rings. The molecule has 29 heavy (non-hydrogen) atoms. The van der Waals surface area contributed by atoms with Crippen molar-refractivity contribution in [2.45, 2.75) is 13.5 Å². The Balaban J connectivity index is 1.84. The van der Waals surface area contributed by atoms with Crippen LogP contribution in [0.4, 0.5) is 0 Å². The van der Waals surface area contributed by atoms with Crippen molar-refractivity contribution in [3.8, 4) is 11.3 Å². The number of nitrogens with zero attached hydrogens (tertiary/aromatic N) is 5. The maximum Gasteiger partial charge on any atom is 0.262 e. The summed E-state index contributed by atoms with van der Waals surface area (Å²) in [7, 11) is 0. The SMILES string of the molecule is Cc1nc2nc3ccn(Cc4ccccc4)c(=O)c3c(-c3cccc(Cl)c3)n2n1.